The predicted molar refractivity (Wildman–Crippen MR) is 135 cm³/mol. The fourth-order valence-electron chi connectivity index (χ4n) is 1.43. The summed E-state index contributed by atoms with van der Waals surface area (Å²) in [5, 5.41) is 33.1. The minimum Gasteiger partial charge on any atom is -0.480 e. The summed E-state index contributed by atoms with van der Waals surface area (Å²) in [7, 11) is 0. The van der Waals surface area contributed by atoms with E-state index < -0.39 is 60.1 Å². The maximum absolute atomic E-state index is 10.5. The van der Waals surface area contributed by atoms with E-state index in [0.717, 1.165) is 5.75 Å². The first kappa shape index (κ1) is 40.8. The molecule has 0 rings (SSSR count). The van der Waals surface area contributed by atoms with Gasteiger partial charge in [0.15, 0.2) is 0 Å². The van der Waals surface area contributed by atoms with Crippen molar-refractivity contribution in [2.75, 3.05) is 18.6 Å². The van der Waals surface area contributed by atoms with Crippen molar-refractivity contribution in [3.05, 3.63) is 0 Å². The Morgan fingerprint density at radius 1 is 0.833 bits per heavy atom. The molecule has 0 aliphatic heterocycles. The summed E-state index contributed by atoms with van der Waals surface area (Å²) in [4.78, 5) is 50.8. The minimum atomic E-state index is -1.18. The molecular formula is C20H43N5O10S. The van der Waals surface area contributed by atoms with Gasteiger partial charge in [0.25, 0.3) is 0 Å². The first-order chi connectivity index (χ1) is 16.3. The Morgan fingerprint density at radius 2 is 1.28 bits per heavy atom. The Kier molecular flexibility index (Phi) is 27.6. The zero-order chi connectivity index (χ0) is 29.6. The third-order valence-corrected chi connectivity index (χ3v) is 4.19. The molecule has 0 amide bonds. The molecule has 0 unspecified atom stereocenters. The SMILES string of the molecule is CC(C)C[C@H](N)C(=O)O.CSCC[C@H](N)C(=O)O.C[C@@H](O)[C@H](N)C(=O)O.C[C@H](N)C(=O)OC(=O)CN. The fourth-order valence-corrected chi connectivity index (χ4v) is 1.92. The lowest BCUT2D eigenvalue weighted by Crippen LogP contribution is -2.39. The molecule has 0 saturated carbocycles. The largest absolute Gasteiger partial charge is 0.480 e. The van der Waals surface area contributed by atoms with Crippen molar-refractivity contribution in [3.63, 3.8) is 0 Å². The molecule has 214 valence electrons. The highest BCUT2D eigenvalue weighted by molar-refractivity contribution is 7.98. The van der Waals surface area contributed by atoms with E-state index in [1.165, 1.54) is 13.8 Å². The molecule has 0 saturated heterocycles. The summed E-state index contributed by atoms with van der Waals surface area (Å²) in [5.74, 6) is -3.35. The van der Waals surface area contributed by atoms with Crippen molar-refractivity contribution in [2.45, 2.75) is 70.8 Å². The summed E-state index contributed by atoms with van der Waals surface area (Å²) < 4.78 is 4.13. The van der Waals surface area contributed by atoms with Crippen LogP contribution in [0.3, 0.4) is 0 Å². The van der Waals surface area contributed by atoms with E-state index in [1.54, 1.807) is 11.8 Å². The number of carboxylic acids is 3. The molecule has 0 spiro atoms. The van der Waals surface area contributed by atoms with Crippen LogP contribution in [0.5, 0.6) is 0 Å². The van der Waals surface area contributed by atoms with Crippen LogP contribution in [0.1, 0.15) is 40.5 Å². The van der Waals surface area contributed by atoms with Crippen LogP contribution in [0.4, 0.5) is 0 Å². The molecule has 0 bridgehead atoms. The number of hydrogen-bond donors (Lipinski definition) is 9. The summed E-state index contributed by atoms with van der Waals surface area (Å²) in [6.45, 7) is 6.34. The Labute approximate surface area is 215 Å². The minimum absolute atomic E-state index is 0.307. The van der Waals surface area contributed by atoms with Crippen LogP contribution in [0.2, 0.25) is 0 Å². The Bertz CT molecular complexity index is 650. The van der Waals surface area contributed by atoms with Gasteiger partial charge in [0, 0.05) is 0 Å². The number of thioether (sulfide) groups is 1. The molecular weight excluding hydrogens is 502 g/mol. The number of esters is 2. The number of rotatable bonds is 11. The van der Waals surface area contributed by atoms with Gasteiger partial charge in [0.05, 0.1) is 12.6 Å². The van der Waals surface area contributed by atoms with Crippen LogP contribution in [-0.4, -0.2) is 99.1 Å². The van der Waals surface area contributed by atoms with Crippen LogP contribution in [0.25, 0.3) is 0 Å². The van der Waals surface area contributed by atoms with E-state index in [1.807, 2.05) is 20.1 Å². The molecule has 0 radical (unpaired) electrons. The van der Waals surface area contributed by atoms with Crippen molar-refractivity contribution in [2.24, 2.45) is 34.6 Å². The van der Waals surface area contributed by atoms with Crippen molar-refractivity contribution < 1.29 is 49.1 Å². The second kappa shape index (κ2) is 24.4. The Balaban J connectivity index is -0.000000190. The molecule has 0 fully saturated rings. The third kappa shape index (κ3) is 29.7. The zero-order valence-electron chi connectivity index (χ0n) is 21.3. The maximum atomic E-state index is 10.5. The number of carboxylic acid groups (broad SMARTS) is 3. The fraction of sp³-hybridized carbons (Fsp3) is 0.750. The number of aliphatic carboxylic acids is 3. The van der Waals surface area contributed by atoms with Gasteiger partial charge in [-0.1, -0.05) is 13.8 Å². The smallest absolute Gasteiger partial charge is 0.330 e. The highest BCUT2D eigenvalue weighted by atomic mass is 32.2. The normalized spacial score (nSPS) is 14.0. The van der Waals surface area contributed by atoms with Gasteiger partial charge in [-0.15, -0.1) is 0 Å². The van der Waals surface area contributed by atoms with Crippen LogP contribution >= 0.6 is 11.8 Å². The molecule has 0 heterocycles. The number of nitrogens with two attached hydrogens (primary N) is 5. The van der Waals surface area contributed by atoms with E-state index in [4.69, 9.17) is 49.1 Å². The lowest BCUT2D eigenvalue weighted by molar-refractivity contribution is -0.159. The van der Waals surface area contributed by atoms with Gasteiger partial charge >= 0.3 is 29.8 Å². The van der Waals surface area contributed by atoms with Gasteiger partial charge in [-0.2, -0.15) is 11.8 Å². The highest BCUT2D eigenvalue weighted by Gasteiger charge is 2.16. The topological polar surface area (TPSA) is 306 Å². The number of aliphatic hydroxyl groups excluding tert-OH is 1. The van der Waals surface area contributed by atoms with E-state index in [9.17, 15) is 24.0 Å². The van der Waals surface area contributed by atoms with Crippen LogP contribution in [0.15, 0.2) is 0 Å². The molecule has 0 aromatic heterocycles. The van der Waals surface area contributed by atoms with Crippen molar-refractivity contribution >= 4 is 41.6 Å². The highest BCUT2D eigenvalue weighted by Crippen LogP contribution is 2.01. The first-order valence-corrected chi connectivity index (χ1v) is 12.1. The van der Waals surface area contributed by atoms with Crippen LogP contribution < -0.4 is 28.7 Å². The standard InChI is InChI=1S/C6H13NO2.C5H10N2O3.C5H11NO2S.C4H9NO3/c1-4(2)3-5(7)6(8)9;1-3(7)5(9)10-4(8)2-6;1-9-3-2-4(6)5(7)8;1-2(6)3(5)4(7)8/h4-5H,3,7H2,1-2H3,(H,8,9);3H,2,6-7H2,1H3;4H,2-3,6H2,1H3,(H,7,8);2-3,6H,5H2,1H3,(H,7,8)/t5-;3-;4-;2-,3+/m0001/s1. The Hall–Kier alpha value is -2.34. The molecule has 36 heavy (non-hydrogen) atoms. The molecule has 0 aromatic carbocycles. The summed E-state index contributed by atoms with van der Waals surface area (Å²) in [6, 6.07) is -3.31. The molecule has 5 atom stereocenters. The summed E-state index contributed by atoms with van der Waals surface area (Å²) in [6.07, 6.45) is 2.05. The molecule has 15 nitrogen and oxygen atoms in total. The van der Waals surface area contributed by atoms with Gasteiger partial charge in [0.1, 0.15) is 24.2 Å². The molecule has 14 N–H and O–H groups in total. The van der Waals surface area contributed by atoms with E-state index in [2.05, 4.69) is 4.74 Å². The van der Waals surface area contributed by atoms with E-state index >= 15 is 0 Å². The second-order valence-corrected chi connectivity index (χ2v) is 8.68. The van der Waals surface area contributed by atoms with Gasteiger partial charge in [-0.05, 0) is 44.6 Å². The zero-order valence-corrected chi connectivity index (χ0v) is 22.1. The van der Waals surface area contributed by atoms with Gasteiger partial charge in [0.2, 0.25) is 0 Å². The Morgan fingerprint density at radius 3 is 1.47 bits per heavy atom. The first-order valence-electron chi connectivity index (χ1n) is 10.7. The van der Waals surface area contributed by atoms with Gasteiger partial charge < -0.3 is 53.8 Å². The lowest BCUT2D eigenvalue weighted by Gasteiger charge is -2.07. The van der Waals surface area contributed by atoms with Crippen molar-refractivity contribution in [1.82, 2.24) is 0 Å². The quantitative estimate of drug-likeness (QED) is 0.0976. The monoisotopic (exact) mass is 545 g/mol. The number of aliphatic hydroxyl groups is 1. The summed E-state index contributed by atoms with van der Waals surface area (Å²) >= 11 is 1.60. The lowest BCUT2D eigenvalue weighted by atomic mass is 10.1. The number of carbonyl (C=O) groups excluding carboxylic acids is 2. The van der Waals surface area contributed by atoms with Crippen molar-refractivity contribution in [1.29, 1.82) is 0 Å². The van der Waals surface area contributed by atoms with Crippen LogP contribution in [-0.2, 0) is 28.7 Å². The molecule has 16 heteroatoms. The average Bonchev–Trinajstić information content (AvgIpc) is 2.77. The number of hydrogen-bond acceptors (Lipinski definition) is 13. The second-order valence-electron chi connectivity index (χ2n) is 7.69. The van der Waals surface area contributed by atoms with E-state index in [0.29, 0.717) is 18.8 Å². The molecule has 0 aromatic rings. The third-order valence-electron chi connectivity index (χ3n) is 3.55. The maximum Gasteiger partial charge on any atom is 0.330 e. The van der Waals surface area contributed by atoms with E-state index in [-0.39, 0.29) is 6.54 Å². The molecule has 0 aliphatic carbocycles. The van der Waals surface area contributed by atoms with Gasteiger partial charge in [-0.3, -0.25) is 19.2 Å². The van der Waals surface area contributed by atoms with Gasteiger partial charge in [-0.25, -0.2) is 4.79 Å². The van der Waals surface area contributed by atoms with Crippen molar-refractivity contribution in [3.8, 4) is 0 Å². The number of carbonyl (C=O) groups is 5. The molecule has 0 aliphatic rings. The average molecular weight is 546 g/mol. The predicted octanol–water partition coefficient (Wildman–Crippen LogP) is -2.26. The summed E-state index contributed by atoms with van der Waals surface area (Å²) in [5.41, 5.74) is 25.2. The van der Waals surface area contributed by atoms with Crippen LogP contribution in [0, 0.1) is 5.92 Å². The number of ether oxygens (including phenoxy) is 1.